The van der Waals surface area contributed by atoms with Crippen molar-refractivity contribution in [2.24, 2.45) is 0 Å². The quantitative estimate of drug-likeness (QED) is 0.724. The molecule has 0 amide bonds. The average Bonchev–Trinajstić information content (AvgIpc) is 2.78. The van der Waals surface area contributed by atoms with Gasteiger partial charge in [0.1, 0.15) is 0 Å². The van der Waals surface area contributed by atoms with Gasteiger partial charge in [-0.15, -0.1) is 5.10 Å². The van der Waals surface area contributed by atoms with Crippen LogP contribution in [0.15, 0.2) is 47.4 Å². The van der Waals surface area contributed by atoms with Gasteiger partial charge in [0.2, 0.25) is 0 Å². The van der Waals surface area contributed by atoms with Crippen molar-refractivity contribution in [2.45, 2.75) is 6.54 Å². The number of nitriles is 1. The van der Waals surface area contributed by atoms with Gasteiger partial charge in [-0.05, 0) is 29.8 Å². The van der Waals surface area contributed by atoms with Crippen LogP contribution in [0.5, 0.6) is 0 Å². The van der Waals surface area contributed by atoms with Crippen molar-refractivity contribution in [1.29, 1.82) is 5.26 Å². The number of nitrogens with zero attached hydrogens (tertiary/aromatic N) is 4. The smallest absolute Gasteiger partial charge is 0.250 e. The summed E-state index contributed by atoms with van der Waals surface area (Å²) in [6, 6.07) is 12.4. The first-order valence-electron chi connectivity index (χ1n) is 5.92. The van der Waals surface area contributed by atoms with Gasteiger partial charge in [-0.2, -0.15) is 5.26 Å². The van der Waals surface area contributed by atoms with Crippen LogP contribution in [0.2, 0.25) is 5.02 Å². The summed E-state index contributed by atoms with van der Waals surface area (Å²) >= 11 is 6.11. The minimum absolute atomic E-state index is 0.221. The monoisotopic (exact) mass is 284 g/mol. The summed E-state index contributed by atoms with van der Waals surface area (Å²) in [5.74, 6) is 0. The van der Waals surface area contributed by atoms with Crippen LogP contribution < -0.4 is 5.69 Å². The number of halogens is 1. The molecule has 0 saturated heterocycles. The molecule has 0 aliphatic rings. The minimum atomic E-state index is -0.221. The molecule has 0 spiro atoms. The zero-order chi connectivity index (χ0) is 14.1. The van der Waals surface area contributed by atoms with Gasteiger partial charge in [-0.1, -0.05) is 23.7 Å². The van der Waals surface area contributed by atoms with Gasteiger partial charge in [0, 0.05) is 11.2 Å². The molecule has 20 heavy (non-hydrogen) atoms. The van der Waals surface area contributed by atoms with E-state index in [0.29, 0.717) is 16.2 Å². The predicted octanol–water partition coefficient (Wildman–Crippen LogP) is 2.07. The zero-order valence-corrected chi connectivity index (χ0v) is 11.1. The van der Waals surface area contributed by atoms with Crippen molar-refractivity contribution >= 4 is 17.2 Å². The standard InChI is InChI=1S/C14H9ClN4O/c15-12-7-10(8-16)4-5-11(12)9-19-14(20)18-6-2-1-3-13(18)17-19/h1-7H,9H2. The van der Waals surface area contributed by atoms with Crippen LogP contribution in [0.25, 0.3) is 5.65 Å². The predicted molar refractivity (Wildman–Crippen MR) is 74.7 cm³/mol. The van der Waals surface area contributed by atoms with E-state index in [1.54, 1.807) is 36.5 Å². The second-order valence-corrected chi connectivity index (χ2v) is 4.69. The Morgan fingerprint density at radius 2 is 2.15 bits per heavy atom. The van der Waals surface area contributed by atoms with E-state index in [0.717, 1.165) is 5.56 Å². The fourth-order valence-corrected chi connectivity index (χ4v) is 2.22. The third-order valence-electron chi connectivity index (χ3n) is 2.99. The summed E-state index contributed by atoms with van der Waals surface area (Å²) < 4.78 is 2.82. The van der Waals surface area contributed by atoms with Gasteiger partial charge in [0.05, 0.1) is 18.2 Å². The zero-order valence-electron chi connectivity index (χ0n) is 10.3. The molecule has 0 fully saturated rings. The van der Waals surface area contributed by atoms with Crippen LogP contribution in [0.4, 0.5) is 0 Å². The largest absolute Gasteiger partial charge is 0.350 e. The van der Waals surface area contributed by atoms with E-state index < -0.39 is 0 Å². The molecule has 3 rings (SSSR count). The van der Waals surface area contributed by atoms with Crippen LogP contribution in [0.1, 0.15) is 11.1 Å². The van der Waals surface area contributed by atoms with E-state index in [-0.39, 0.29) is 12.2 Å². The molecule has 0 saturated carbocycles. The number of aromatic nitrogens is 3. The highest BCUT2D eigenvalue weighted by atomic mass is 35.5. The van der Waals surface area contributed by atoms with Crippen molar-refractivity contribution in [3.63, 3.8) is 0 Å². The summed E-state index contributed by atoms with van der Waals surface area (Å²) in [5, 5.41) is 13.5. The maximum Gasteiger partial charge on any atom is 0.350 e. The molecule has 0 aliphatic heterocycles. The van der Waals surface area contributed by atoms with Crippen molar-refractivity contribution in [2.75, 3.05) is 0 Å². The van der Waals surface area contributed by atoms with Crippen molar-refractivity contribution in [3.8, 4) is 6.07 Å². The lowest BCUT2D eigenvalue weighted by atomic mass is 10.1. The lowest BCUT2D eigenvalue weighted by Crippen LogP contribution is -2.21. The number of fused-ring (bicyclic) bond motifs is 1. The fourth-order valence-electron chi connectivity index (χ4n) is 1.98. The molecule has 0 aliphatic carbocycles. The Morgan fingerprint density at radius 3 is 2.85 bits per heavy atom. The number of rotatable bonds is 2. The number of benzene rings is 1. The van der Waals surface area contributed by atoms with Gasteiger partial charge < -0.3 is 0 Å². The Hall–Kier alpha value is -2.58. The van der Waals surface area contributed by atoms with E-state index >= 15 is 0 Å². The maximum absolute atomic E-state index is 12.1. The normalized spacial score (nSPS) is 10.6. The van der Waals surface area contributed by atoms with Gasteiger partial charge in [-0.25, -0.2) is 9.48 Å². The Labute approximate surface area is 119 Å². The maximum atomic E-state index is 12.1. The topological polar surface area (TPSA) is 63.1 Å². The molecule has 0 bridgehead atoms. The first-order chi connectivity index (χ1) is 9.69. The van der Waals surface area contributed by atoms with Gasteiger partial charge in [0.15, 0.2) is 5.65 Å². The summed E-state index contributed by atoms with van der Waals surface area (Å²) in [4.78, 5) is 12.1. The Balaban J connectivity index is 2.04. The Kier molecular flexibility index (Phi) is 3.01. The minimum Gasteiger partial charge on any atom is -0.250 e. The van der Waals surface area contributed by atoms with Crippen LogP contribution in [-0.2, 0) is 6.54 Å². The van der Waals surface area contributed by atoms with E-state index in [2.05, 4.69) is 5.10 Å². The molecule has 0 unspecified atom stereocenters. The SMILES string of the molecule is N#Cc1ccc(Cn2nc3ccccn3c2=O)c(Cl)c1. The van der Waals surface area contributed by atoms with Gasteiger partial charge in [-0.3, -0.25) is 4.40 Å². The van der Waals surface area contributed by atoms with Crippen molar-refractivity contribution in [3.05, 3.63) is 69.2 Å². The average molecular weight is 285 g/mol. The molecular formula is C14H9ClN4O. The summed E-state index contributed by atoms with van der Waals surface area (Å²) in [5.41, 5.74) is 1.60. The third kappa shape index (κ3) is 2.06. The van der Waals surface area contributed by atoms with Gasteiger partial charge in [0.25, 0.3) is 0 Å². The first kappa shape index (κ1) is 12.5. The highest BCUT2D eigenvalue weighted by Crippen LogP contribution is 2.18. The van der Waals surface area contributed by atoms with Crippen LogP contribution in [0, 0.1) is 11.3 Å². The van der Waals surface area contributed by atoms with Crippen molar-refractivity contribution < 1.29 is 0 Å². The molecule has 0 atom stereocenters. The van der Waals surface area contributed by atoms with Crippen LogP contribution >= 0.6 is 11.6 Å². The molecule has 5 nitrogen and oxygen atoms in total. The van der Waals surface area contributed by atoms with E-state index in [4.69, 9.17) is 16.9 Å². The molecule has 2 aromatic heterocycles. The molecular weight excluding hydrogens is 276 g/mol. The van der Waals surface area contributed by atoms with Crippen molar-refractivity contribution in [1.82, 2.24) is 14.2 Å². The third-order valence-corrected chi connectivity index (χ3v) is 3.34. The number of pyridine rings is 1. The highest BCUT2D eigenvalue weighted by molar-refractivity contribution is 6.31. The summed E-state index contributed by atoms with van der Waals surface area (Å²) in [6.45, 7) is 0.269. The lowest BCUT2D eigenvalue weighted by molar-refractivity contribution is 0.659. The van der Waals surface area contributed by atoms with E-state index in [1.807, 2.05) is 12.1 Å². The summed E-state index contributed by atoms with van der Waals surface area (Å²) in [7, 11) is 0. The molecule has 0 N–H and O–H groups in total. The van der Waals surface area contributed by atoms with E-state index in [9.17, 15) is 4.79 Å². The molecule has 6 heteroatoms. The highest BCUT2D eigenvalue weighted by Gasteiger charge is 2.09. The second kappa shape index (κ2) is 4.83. The first-order valence-corrected chi connectivity index (χ1v) is 6.29. The Morgan fingerprint density at radius 1 is 1.30 bits per heavy atom. The Bertz CT molecular complexity index is 888. The molecule has 98 valence electrons. The van der Waals surface area contributed by atoms with Crippen LogP contribution in [0.3, 0.4) is 0 Å². The molecule has 1 aromatic carbocycles. The summed E-state index contributed by atoms with van der Waals surface area (Å²) in [6.07, 6.45) is 1.67. The number of hydrogen-bond acceptors (Lipinski definition) is 3. The van der Waals surface area contributed by atoms with Gasteiger partial charge >= 0.3 is 5.69 Å². The lowest BCUT2D eigenvalue weighted by Gasteiger charge is -2.03. The number of hydrogen-bond donors (Lipinski definition) is 0. The fraction of sp³-hybridized carbons (Fsp3) is 0.0714. The molecule has 0 radical (unpaired) electrons. The molecule has 2 heterocycles. The molecule has 3 aromatic rings. The van der Waals surface area contributed by atoms with E-state index in [1.165, 1.54) is 9.08 Å². The second-order valence-electron chi connectivity index (χ2n) is 4.29. The van der Waals surface area contributed by atoms with Crippen LogP contribution in [-0.4, -0.2) is 14.2 Å².